The minimum absolute atomic E-state index is 0.0717. The maximum Gasteiger partial charge on any atom is 0.295 e. The van der Waals surface area contributed by atoms with Crippen LogP contribution >= 0.6 is 0 Å². The number of rotatable bonds is 10. The standard InChI is InChI=1S/C26H19N5O12S3/c32-30(29-21-7-5-19(6-8-21)27-28-20-9-13-24(14-10-20)44(35,36)37)22-11-3-17(25(15-22)45(38,39)40)1-2-18-4-12-23(31(33)34)16-26(18)46(41,42)43/h1-16H,(H,35,36,37)(H,38,39,40)(H,41,42,43)/b2-1+,28-27?,30-29?. The Morgan fingerprint density at radius 2 is 0.978 bits per heavy atom. The van der Waals surface area contributed by atoms with Gasteiger partial charge < -0.3 is 5.21 Å². The molecule has 0 aromatic heterocycles. The smallest absolute Gasteiger partial charge is 0.295 e. The van der Waals surface area contributed by atoms with Crippen LogP contribution in [0.1, 0.15) is 11.1 Å². The predicted molar refractivity (Wildman–Crippen MR) is 160 cm³/mol. The molecular weight excluding hydrogens is 671 g/mol. The van der Waals surface area contributed by atoms with Crippen LogP contribution in [0.3, 0.4) is 0 Å². The maximum atomic E-state index is 12.7. The van der Waals surface area contributed by atoms with E-state index in [0.717, 1.165) is 54.6 Å². The van der Waals surface area contributed by atoms with E-state index in [4.69, 9.17) is 4.55 Å². The molecule has 3 N–H and O–H groups in total. The fourth-order valence-corrected chi connectivity index (χ4v) is 5.62. The van der Waals surface area contributed by atoms with E-state index in [9.17, 15) is 49.7 Å². The minimum atomic E-state index is -4.95. The van der Waals surface area contributed by atoms with Crippen molar-refractivity contribution in [3.63, 3.8) is 0 Å². The van der Waals surface area contributed by atoms with E-state index in [1.165, 1.54) is 36.4 Å². The van der Waals surface area contributed by atoms with E-state index in [1.54, 1.807) is 0 Å². The third kappa shape index (κ3) is 8.47. The monoisotopic (exact) mass is 689 g/mol. The van der Waals surface area contributed by atoms with Crippen molar-refractivity contribution in [3.8, 4) is 0 Å². The minimum Gasteiger partial charge on any atom is -0.594 e. The number of hydrogen-bond donors (Lipinski definition) is 3. The number of nitro benzene ring substituents is 1. The summed E-state index contributed by atoms with van der Waals surface area (Å²) in [6, 6.07) is 16.2. The Morgan fingerprint density at radius 1 is 0.565 bits per heavy atom. The highest BCUT2D eigenvalue weighted by Crippen LogP contribution is 2.29. The first kappa shape index (κ1) is 33.6. The van der Waals surface area contributed by atoms with Crippen LogP contribution in [0.15, 0.2) is 115 Å². The summed E-state index contributed by atoms with van der Waals surface area (Å²) in [5.74, 6) is 0. The largest absolute Gasteiger partial charge is 0.594 e. The van der Waals surface area contributed by atoms with Crippen LogP contribution < -0.4 is 0 Å². The molecule has 0 atom stereocenters. The predicted octanol–water partition coefficient (Wildman–Crippen LogP) is 5.85. The molecule has 4 rings (SSSR count). The van der Waals surface area contributed by atoms with Crippen LogP contribution in [0.25, 0.3) is 12.2 Å². The molecule has 4 aromatic rings. The van der Waals surface area contributed by atoms with Gasteiger partial charge in [0.2, 0.25) is 5.69 Å². The quantitative estimate of drug-likeness (QED) is 0.0442. The SMILES string of the molecule is O=[N+]([O-])c1ccc(/C=C/c2ccc([N+]([O-])=Nc3ccc(N=Nc4ccc(S(=O)(=O)O)cc4)cc3)cc2S(=O)(=O)O)c(S(=O)(=O)O)c1. The molecule has 0 heterocycles. The summed E-state index contributed by atoms with van der Waals surface area (Å²) in [6.07, 6.45) is 2.08. The Bertz CT molecular complexity index is 2250. The van der Waals surface area contributed by atoms with Gasteiger partial charge in [0.15, 0.2) is 0 Å². The second-order valence-electron chi connectivity index (χ2n) is 9.04. The molecule has 0 unspecified atom stereocenters. The average molecular weight is 690 g/mol. The highest BCUT2D eigenvalue weighted by Gasteiger charge is 2.21. The molecule has 238 valence electrons. The highest BCUT2D eigenvalue weighted by atomic mass is 32.2. The van der Waals surface area contributed by atoms with E-state index >= 15 is 0 Å². The average Bonchev–Trinajstić information content (AvgIpc) is 2.98. The van der Waals surface area contributed by atoms with Crippen molar-refractivity contribution in [3.05, 3.63) is 111 Å². The van der Waals surface area contributed by atoms with Gasteiger partial charge >= 0.3 is 0 Å². The zero-order valence-electron chi connectivity index (χ0n) is 22.7. The Labute approximate surface area is 260 Å². The fraction of sp³-hybridized carbons (Fsp3) is 0. The number of azo groups is 2. The van der Waals surface area contributed by atoms with E-state index in [0.29, 0.717) is 11.8 Å². The number of nitrogens with zero attached hydrogens (tertiary/aromatic N) is 5. The van der Waals surface area contributed by atoms with E-state index in [-0.39, 0.29) is 37.9 Å². The lowest BCUT2D eigenvalue weighted by Gasteiger charge is -2.06. The summed E-state index contributed by atoms with van der Waals surface area (Å²) in [5, 5.41) is 35.4. The first-order chi connectivity index (χ1) is 21.4. The number of nitro groups is 1. The van der Waals surface area contributed by atoms with Gasteiger partial charge in [-0.2, -0.15) is 35.5 Å². The highest BCUT2D eigenvalue weighted by molar-refractivity contribution is 7.86. The summed E-state index contributed by atoms with van der Waals surface area (Å²) in [5.41, 5.74) is -0.678. The van der Waals surface area contributed by atoms with Crippen LogP contribution in [0.2, 0.25) is 0 Å². The van der Waals surface area contributed by atoms with Gasteiger partial charge in [0, 0.05) is 29.4 Å². The molecule has 0 saturated carbocycles. The topological polar surface area (TPSA) is 269 Å². The van der Waals surface area contributed by atoms with Gasteiger partial charge in [-0.05, 0) is 71.8 Å². The van der Waals surface area contributed by atoms with Crippen molar-refractivity contribution in [2.24, 2.45) is 15.3 Å². The molecule has 0 spiro atoms. The van der Waals surface area contributed by atoms with Gasteiger partial charge in [0.1, 0.15) is 15.5 Å². The molecule has 0 aliphatic heterocycles. The lowest BCUT2D eigenvalue weighted by atomic mass is 10.1. The van der Waals surface area contributed by atoms with Crippen molar-refractivity contribution in [1.82, 2.24) is 0 Å². The molecule has 0 radical (unpaired) electrons. The molecule has 0 amide bonds. The first-order valence-corrected chi connectivity index (χ1v) is 16.6. The van der Waals surface area contributed by atoms with Gasteiger partial charge in [-0.1, -0.05) is 17.0 Å². The van der Waals surface area contributed by atoms with E-state index < -0.39 is 50.8 Å². The molecular formula is C26H19N5O12S3. The summed E-state index contributed by atoms with van der Waals surface area (Å²) < 4.78 is 98.3. The van der Waals surface area contributed by atoms with E-state index in [1.807, 2.05) is 0 Å². The molecule has 0 aliphatic carbocycles. The molecule has 46 heavy (non-hydrogen) atoms. The third-order valence-electron chi connectivity index (χ3n) is 5.90. The third-order valence-corrected chi connectivity index (χ3v) is 8.58. The normalized spacial score (nSPS) is 13.0. The number of hydrogen-bond acceptors (Lipinski definition) is 12. The Balaban J connectivity index is 1.58. The Morgan fingerprint density at radius 3 is 1.41 bits per heavy atom. The lowest BCUT2D eigenvalue weighted by Crippen LogP contribution is -2.03. The van der Waals surface area contributed by atoms with Gasteiger partial charge in [-0.3, -0.25) is 23.8 Å². The summed E-state index contributed by atoms with van der Waals surface area (Å²) in [7, 11) is -14.2. The first-order valence-electron chi connectivity index (χ1n) is 12.3. The zero-order valence-corrected chi connectivity index (χ0v) is 25.2. The van der Waals surface area contributed by atoms with Crippen LogP contribution in [0.5, 0.6) is 0 Å². The molecule has 4 aromatic carbocycles. The number of non-ortho nitro benzene ring substituents is 1. The van der Waals surface area contributed by atoms with Crippen LogP contribution in [-0.2, 0) is 30.4 Å². The molecule has 20 heteroatoms. The zero-order chi connectivity index (χ0) is 33.9. The Kier molecular flexibility index (Phi) is 9.51. The van der Waals surface area contributed by atoms with Crippen LogP contribution in [0, 0.1) is 15.3 Å². The summed E-state index contributed by atoms with van der Waals surface area (Å²) in [4.78, 5) is 8.30. The molecule has 0 fully saturated rings. The van der Waals surface area contributed by atoms with Crippen LogP contribution in [0.4, 0.5) is 28.4 Å². The van der Waals surface area contributed by atoms with E-state index in [2.05, 4.69) is 15.3 Å². The van der Waals surface area contributed by atoms with Gasteiger partial charge in [0.05, 0.1) is 21.2 Å². The molecule has 0 aliphatic rings. The van der Waals surface area contributed by atoms with Crippen molar-refractivity contribution in [2.45, 2.75) is 14.7 Å². The maximum absolute atomic E-state index is 12.7. The lowest BCUT2D eigenvalue weighted by molar-refractivity contribution is -0.435. The second kappa shape index (κ2) is 13.0. The Hall–Kier alpha value is -5.25. The summed E-state index contributed by atoms with van der Waals surface area (Å²) >= 11 is 0. The van der Waals surface area contributed by atoms with Crippen molar-refractivity contribution in [2.75, 3.05) is 0 Å². The molecule has 17 nitrogen and oxygen atoms in total. The van der Waals surface area contributed by atoms with Crippen molar-refractivity contribution >= 4 is 70.9 Å². The van der Waals surface area contributed by atoms with Gasteiger partial charge in [-0.25, -0.2) is 0 Å². The summed E-state index contributed by atoms with van der Waals surface area (Å²) in [6.45, 7) is 0. The van der Waals surface area contributed by atoms with Gasteiger partial charge in [-0.15, -0.1) is 0 Å². The second-order valence-corrected chi connectivity index (χ2v) is 13.2. The van der Waals surface area contributed by atoms with Gasteiger partial charge in [0.25, 0.3) is 36.0 Å². The molecule has 0 bridgehead atoms. The number of benzene rings is 4. The van der Waals surface area contributed by atoms with Crippen molar-refractivity contribution < 1.29 is 48.7 Å². The molecule has 0 saturated heterocycles. The fourth-order valence-electron chi connectivity index (χ4n) is 3.73. The van der Waals surface area contributed by atoms with Crippen molar-refractivity contribution in [1.29, 1.82) is 0 Å². The van der Waals surface area contributed by atoms with Crippen LogP contribution in [-0.4, -0.2) is 48.7 Å².